The van der Waals surface area contributed by atoms with Gasteiger partial charge in [-0.05, 0) is 37.3 Å². The molecule has 0 aliphatic carbocycles. The quantitative estimate of drug-likeness (QED) is 0.660. The van der Waals surface area contributed by atoms with Crippen molar-refractivity contribution in [2.75, 3.05) is 39.3 Å². The van der Waals surface area contributed by atoms with Crippen molar-refractivity contribution in [2.24, 2.45) is 11.7 Å². The molecule has 2 saturated heterocycles. The van der Waals surface area contributed by atoms with Gasteiger partial charge < -0.3 is 20.3 Å². The molecule has 3 rings (SSSR count). The molecule has 0 unspecified atom stereocenters. The molecule has 2 atom stereocenters. The number of amides is 1. The fraction of sp³-hybridized carbons (Fsp3) is 0.650. The van der Waals surface area contributed by atoms with Crippen LogP contribution in [0.2, 0.25) is 0 Å². The highest BCUT2D eigenvalue weighted by Gasteiger charge is 2.38. The van der Waals surface area contributed by atoms with Gasteiger partial charge in [-0.3, -0.25) is 4.79 Å². The molecule has 2 aliphatic heterocycles. The van der Waals surface area contributed by atoms with Gasteiger partial charge in [0.25, 0.3) is 0 Å². The molecule has 2 heterocycles. The zero-order valence-corrected chi connectivity index (χ0v) is 17.6. The Morgan fingerprint density at radius 2 is 1.89 bits per heavy atom. The molecule has 2 fully saturated rings. The first kappa shape index (κ1) is 24.2. The fourth-order valence-corrected chi connectivity index (χ4v) is 4.14. The van der Waals surface area contributed by atoms with Gasteiger partial charge in [-0.1, -0.05) is 30.3 Å². The highest BCUT2D eigenvalue weighted by atomic mass is 35.5. The van der Waals surface area contributed by atoms with Crippen LogP contribution < -0.4 is 5.73 Å². The lowest BCUT2D eigenvalue weighted by Gasteiger charge is -2.47. The number of likely N-dealkylation sites (tertiary alicyclic amines) is 2. The minimum atomic E-state index is 0. The second-order valence-corrected chi connectivity index (χ2v) is 7.22. The molecule has 2 aliphatic rings. The third-order valence-corrected chi connectivity index (χ3v) is 5.49. The Morgan fingerprint density at radius 1 is 1.11 bits per heavy atom. The Bertz CT molecular complexity index is 547. The molecule has 0 spiro atoms. The van der Waals surface area contributed by atoms with Gasteiger partial charge in [0.15, 0.2) is 0 Å². The number of ether oxygens (including phenoxy) is 1. The maximum absolute atomic E-state index is 12.2. The van der Waals surface area contributed by atoms with Crippen molar-refractivity contribution in [3.05, 3.63) is 35.9 Å². The summed E-state index contributed by atoms with van der Waals surface area (Å²) >= 11 is 0. The van der Waals surface area contributed by atoms with E-state index in [2.05, 4.69) is 21.9 Å². The first-order valence-corrected chi connectivity index (χ1v) is 9.61. The van der Waals surface area contributed by atoms with Crippen LogP contribution in [-0.4, -0.2) is 61.1 Å². The van der Waals surface area contributed by atoms with Crippen molar-refractivity contribution in [3.8, 4) is 0 Å². The second kappa shape index (κ2) is 12.6. The molecule has 1 aromatic carbocycles. The molecule has 1 aromatic rings. The van der Waals surface area contributed by atoms with E-state index in [1.807, 2.05) is 18.2 Å². The summed E-state index contributed by atoms with van der Waals surface area (Å²) < 4.78 is 5.83. The first-order chi connectivity index (χ1) is 12.3. The minimum absolute atomic E-state index is 0. The maximum atomic E-state index is 12.2. The Labute approximate surface area is 175 Å². The van der Waals surface area contributed by atoms with Crippen LogP contribution in [0.5, 0.6) is 0 Å². The second-order valence-electron chi connectivity index (χ2n) is 7.22. The Morgan fingerprint density at radius 3 is 2.63 bits per heavy atom. The van der Waals surface area contributed by atoms with Crippen LogP contribution in [-0.2, 0) is 16.1 Å². The van der Waals surface area contributed by atoms with Crippen molar-refractivity contribution in [1.29, 1.82) is 0 Å². The number of nitrogens with zero attached hydrogens (tertiary/aromatic N) is 2. The number of hydrogen-bond donors (Lipinski definition) is 1. The standard InChI is InChI=1S/C20H31N3O2.2ClH/c21-10-4-11-23-19-9-12-22(15-18(19)7-8-20(23)24)13-14-25-16-17-5-2-1-3-6-17;;/h1-3,5-6,18-19H,4,7-16,21H2;2*1H/t18-,19+;;/m0../s1. The van der Waals surface area contributed by atoms with Crippen LogP contribution in [0.4, 0.5) is 0 Å². The van der Waals surface area contributed by atoms with Crippen LogP contribution in [0.15, 0.2) is 30.3 Å². The van der Waals surface area contributed by atoms with E-state index in [-0.39, 0.29) is 24.8 Å². The normalized spacial score (nSPS) is 22.6. The van der Waals surface area contributed by atoms with Crippen LogP contribution in [0, 0.1) is 5.92 Å². The van der Waals surface area contributed by atoms with Crippen LogP contribution in [0.25, 0.3) is 0 Å². The van der Waals surface area contributed by atoms with Crippen LogP contribution in [0.3, 0.4) is 0 Å². The lowest BCUT2D eigenvalue weighted by Crippen LogP contribution is -2.56. The van der Waals surface area contributed by atoms with E-state index in [0.717, 1.165) is 52.0 Å². The number of carbonyl (C=O) groups excluding carboxylic acids is 1. The van der Waals surface area contributed by atoms with Gasteiger partial charge in [-0.2, -0.15) is 0 Å². The van der Waals surface area contributed by atoms with Crippen molar-refractivity contribution in [2.45, 2.75) is 38.3 Å². The van der Waals surface area contributed by atoms with Crippen molar-refractivity contribution in [3.63, 3.8) is 0 Å². The van der Waals surface area contributed by atoms with E-state index in [4.69, 9.17) is 10.5 Å². The molecule has 0 radical (unpaired) electrons. The van der Waals surface area contributed by atoms with Gasteiger partial charge in [-0.25, -0.2) is 0 Å². The van der Waals surface area contributed by atoms with Gasteiger partial charge in [0.2, 0.25) is 5.91 Å². The van der Waals surface area contributed by atoms with Crippen molar-refractivity contribution in [1.82, 2.24) is 9.80 Å². The number of carbonyl (C=O) groups is 1. The lowest BCUT2D eigenvalue weighted by atomic mass is 9.83. The van der Waals surface area contributed by atoms with Crippen LogP contribution in [0.1, 0.15) is 31.2 Å². The van der Waals surface area contributed by atoms with Crippen LogP contribution >= 0.6 is 24.8 Å². The van der Waals surface area contributed by atoms with Gasteiger partial charge in [0.1, 0.15) is 0 Å². The molecule has 0 saturated carbocycles. The fourth-order valence-electron chi connectivity index (χ4n) is 4.14. The molecule has 5 nitrogen and oxygen atoms in total. The Hall–Kier alpha value is -0.850. The first-order valence-electron chi connectivity index (χ1n) is 9.61. The SMILES string of the molecule is Cl.Cl.NCCCN1C(=O)CC[C@H]2CN(CCOCc3ccccc3)CC[C@H]21. The summed E-state index contributed by atoms with van der Waals surface area (Å²) in [6.45, 7) is 6.06. The van der Waals surface area contributed by atoms with E-state index < -0.39 is 0 Å². The number of benzene rings is 1. The number of halogens is 2. The molecule has 27 heavy (non-hydrogen) atoms. The average molecular weight is 418 g/mol. The summed E-state index contributed by atoms with van der Waals surface area (Å²) in [5.74, 6) is 0.938. The minimum Gasteiger partial charge on any atom is -0.375 e. The third-order valence-electron chi connectivity index (χ3n) is 5.49. The average Bonchev–Trinajstić information content (AvgIpc) is 2.65. The molecular formula is C20H33Cl2N3O2. The van der Waals surface area contributed by atoms with Crippen molar-refractivity contribution < 1.29 is 9.53 Å². The van der Waals surface area contributed by atoms with E-state index >= 15 is 0 Å². The number of fused-ring (bicyclic) bond motifs is 1. The molecular weight excluding hydrogens is 385 g/mol. The van der Waals surface area contributed by atoms with E-state index in [9.17, 15) is 4.79 Å². The zero-order chi connectivity index (χ0) is 17.5. The maximum Gasteiger partial charge on any atom is 0.222 e. The monoisotopic (exact) mass is 417 g/mol. The summed E-state index contributed by atoms with van der Waals surface area (Å²) in [4.78, 5) is 16.9. The highest BCUT2D eigenvalue weighted by Crippen LogP contribution is 2.31. The van der Waals surface area contributed by atoms with E-state index in [1.165, 1.54) is 5.56 Å². The lowest BCUT2D eigenvalue weighted by molar-refractivity contribution is -0.141. The van der Waals surface area contributed by atoms with E-state index in [1.54, 1.807) is 0 Å². The Balaban J connectivity index is 0.00000182. The number of rotatable bonds is 8. The molecule has 2 N–H and O–H groups in total. The number of hydrogen-bond acceptors (Lipinski definition) is 4. The van der Waals surface area contributed by atoms with E-state index in [0.29, 0.717) is 37.4 Å². The zero-order valence-electron chi connectivity index (χ0n) is 15.9. The molecule has 0 bridgehead atoms. The number of nitrogens with two attached hydrogens (primary N) is 1. The summed E-state index contributed by atoms with van der Waals surface area (Å²) in [5.41, 5.74) is 6.86. The predicted molar refractivity (Wildman–Crippen MR) is 114 cm³/mol. The summed E-state index contributed by atoms with van der Waals surface area (Å²) in [5, 5.41) is 0. The van der Waals surface area contributed by atoms with Gasteiger partial charge in [0.05, 0.1) is 13.2 Å². The van der Waals surface area contributed by atoms with Gasteiger partial charge >= 0.3 is 0 Å². The summed E-state index contributed by atoms with van der Waals surface area (Å²) in [6.07, 6.45) is 3.72. The van der Waals surface area contributed by atoms with Gasteiger partial charge in [-0.15, -0.1) is 24.8 Å². The molecule has 0 aromatic heterocycles. The topological polar surface area (TPSA) is 58.8 Å². The predicted octanol–water partition coefficient (Wildman–Crippen LogP) is 2.71. The molecule has 154 valence electrons. The van der Waals surface area contributed by atoms with Gasteiger partial charge in [0, 0.05) is 38.6 Å². The molecule has 7 heteroatoms. The molecule has 1 amide bonds. The number of piperidine rings is 2. The van der Waals surface area contributed by atoms with Crippen molar-refractivity contribution >= 4 is 30.7 Å². The largest absolute Gasteiger partial charge is 0.375 e. The highest BCUT2D eigenvalue weighted by molar-refractivity contribution is 5.85. The third kappa shape index (κ3) is 6.91. The smallest absolute Gasteiger partial charge is 0.222 e. The summed E-state index contributed by atoms with van der Waals surface area (Å²) in [6, 6.07) is 10.7. The summed E-state index contributed by atoms with van der Waals surface area (Å²) in [7, 11) is 0. The Kier molecular flexibility index (Phi) is 11.3.